The molecule has 1 aromatic carbocycles. The number of rotatable bonds is 5. The van der Waals surface area contributed by atoms with Crippen molar-refractivity contribution in [1.29, 1.82) is 0 Å². The largest absolute Gasteiger partial charge is 0.326 e. The van der Waals surface area contributed by atoms with E-state index in [1.54, 1.807) is 18.2 Å². The van der Waals surface area contributed by atoms with Gasteiger partial charge in [-0.3, -0.25) is 0 Å². The van der Waals surface area contributed by atoms with Crippen LogP contribution >= 0.6 is 27.5 Å². The van der Waals surface area contributed by atoms with Crippen molar-refractivity contribution in [2.24, 2.45) is 11.7 Å². The van der Waals surface area contributed by atoms with Gasteiger partial charge in [-0.15, -0.1) is 0 Å². The SMILES string of the molecule is NC(CNS(=O)(=O)c1c(Cl)cccc1Br)C1CC1. The van der Waals surface area contributed by atoms with Gasteiger partial charge in [0, 0.05) is 17.1 Å². The second-order valence-corrected chi connectivity index (χ2v) is 7.37. The van der Waals surface area contributed by atoms with Crippen molar-refractivity contribution in [2.75, 3.05) is 6.54 Å². The Morgan fingerprint density at radius 2 is 2.17 bits per heavy atom. The number of halogens is 2. The van der Waals surface area contributed by atoms with E-state index < -0.39 is 10.0 Å². The third-order valence-electron chi connectivity index (χ3n) is 2.92. The van der Waals surface area contributed by atoms with Crippen LogP contribution in [-0.4, -0.2) is 21.0 Å². The van der Waals surface area contributed by atoms with Gasteiger partial charge in [0.2, 0.25) is 10.0 Å². The van der Waals surface area contributed by atoms with E-state index in [4.69, 9.17) is 17.3 Å². The normalized spacial score (nSPS) is 17.7. The maximum atomic E-state index is 12.1. The van der Waals surface area contributed by atoms with Crippen LogP contribution in [0.5, 0.6) is 0 Å². The van der Waals surface area contributed by atoms with Gasteiger partial charge >= 0.3 is 0 Å². The summed E-state index contributed by atoms with van der Waals surface area (Å²) < 4.78 is 27.2. The Morgan fingerprint density at radius 3 is 2.72 bits per heavy atom. The molecule has 1 aromatic rings. The summed E-state index contributed by atoms with van der Waals surface area (Å²) in [5, 5.41) is 0.192. The Hall–Kier alpha value is -0.140. The number of nitrogens with two attached hydrogens (primary N) is 1. The van der Waals surface area contributed by atoms with Crippen LogP contribution in [0.25, 0.3) is 0 Å². The Morgan fingerprint density at radius 1 is 1.50 bits per heavy atom. The predicted molar refractivity (Wildman–Crippen MR) is 75.0 cm³/mol. The highest BCUT2D eigenvalue weighted by molar-refractivity contribution is 9.10. The average molecular weight is 354 g/mol. The molecule has 1 saturated carbocycles. The summed E-state index contributed by atoms with van der Waals surface area (Å²) in [5.74, 6) is 0.447. The van der Waals surface area contributed by atoms with Crippen molar-refractivity contribution in [1.82, 2.24) is 4.72 Å². The first kappa shape index (κ1) is 14.3. The zero-order chi connectivity index (χ0) is 13.3. The molecule has 1 aliphatic rings. The molecular formula is C11H14BrClN2O2S. The molecule has 18 heavy (non-hydrogen) atoms. The Bertz CT molecular complexity index is 526. The molecule has 0 aliphatic heterocycles. The van der Waals surface area contributed by atoms with Crippen LogP contribution in [0.15, 0.2) is 27.6 Å². The fourth-order valence-corrected chi connectivity index (χ4v) is 4.51. The molecule has 1 fully saturated rings. The minimum Gasteiger partial charge on any atom is -0.326 e. The summed E-state index contributed by atoms with van der Waals surface area (Å²) in [6, 6.07) is 4.74. The number of sulfonamides is 1. The zero-order valence-corrected chi connectivity index (χ0v) is 12.7. The summed E-state index contributed by atoms with van der Waals surface area (Å²) in [7, 11) is -3.63. The van der Waals surface area contributed by atoms with Gasteiger partial charge in [-0.05, 0) is 46.8 Å². The van der Waals surface area contributed by atoms with Gasteiger partial charge in [0.05, 0.1) is 5.02 Å². The Labute approximate surface area is 120 Å². The zero-order valence-electron chi connectivity index (χ0n) is 9.57. The van der Waals surface area contributed by atoms with Crippen molar-refractivity contribution in [2.45, 2.75) is 23.8 Å². The van der Waals surface area contributed by atoms with Crippen LogP contribution in [0, 0.1) is 5.92 Å². The fourth-order valence-electron chi connectivity index (χ4n) is 1.71. The second kappa shape index (κ2) is 5.46. The van der Waals surface area contributed by atoms with Crippen molar-refractivity contribution in [3.63, 3.8) is 0 Å². The molecule has 0 radical (unpaired) electrons. The Balaban J connectivity index is 2.14. The Kier molecular flexibility index (Phi) is 4.33. The lowest BCUT2D eigenvalue weighted by molar-refractivity contribution is 0.547. The van der Waals surface area contributed by atoms with Crippen LogP contribution in [0.3, 0.4) is 0 Å². The predicted octanol–water partition coefficient (Wildman–Crippen LogP) is 2.12. The quantitative estimate of drug-likeness (QED) is 0.851. The van der Waals surface area contributed by atoms with E-state index in [2.05, 4.69) is 20.7 Å². The maximum absolute atomic E-state index is 12.1. The molecule has 3 N–H and O–H groups in total. The van der Waals surface area contributed by atoms with Crippen LogP contribution in [0.4, 0.5) is 0 Å². The molecule has 1 unspecified atom stereocenters. The maximum Gasteiger partial charge on any atom is 0.243 e. The first-order valence-electron chi connectivity index (χ1n) is 5.61. The fraction of sp³-hybridized carbons (Fsp3) is 0.455. The van der Waals surface area contributed by atoms with E-state index in [1.165, 1.54) is 0 Å². The van der Waals surface area contributed by atoms with E-state index in [0.29, 0.717) is 10.4 Å². The summed E-state index contributed by atoms with van der Waals surface area (Å²) in [4.78, 5) is 0.0645. The lowest BCUT2D eigenvalue weighted by Crippen LogP contribution is -2.38. The van der Waals surface area contributed by atoms with Crippen LogP contribution in [-0.2, 0) is 10.0 Å². The summed E-state index contributed by atoms with van der Waals surface area (Å²) in [5.41, 5.74) is 5.87. The summed E-state index contributed by atoms with van der Waals surface area (Å²) >= 11 is 9.12. The minimum atomic E-state index is -3.63. The van der Waals surface area contributed by atoms with Gasteiger partial charge in [0.15, 0.2) is 0 Å². The standard InChI is InChI=1S/C11H14BrClN2O2S/c12-8-2-1-3-9(13)11(8)18(16,17)15-6-10(14)7-4-5-7/h1-3,7,10,15H,4-6,14H2. The lowest BCUT2D eigenvalue weighted by Gasteiger charge is -2.13. The number of nitrogens with one attached hydrogen (secondary N) is 1. The van der Waals surface area contributed by atoms with Crippen molar-refractivity contribution >= 4 is 37.6 Å². The molecule has 1 atom stereocenters. The summed E-state index contributed by atoms with van der Waals surface area (Å²) in [6.45, 7) is 0.241. The molecule has 0 heterocycles. The summed E-state index contributed by atoms with van der Waals surface area (Å²) in [6.07, 6.45) is 2.16. The lowest BCUT2D eigenvalue weighted by atomic mass is 10.2. The second-order valence-electron chi connectivity index (χ2n) is 4.40. The van der Waals surface area contributed by atoms with E-state index >= 15 is 0 Å². The first-order valence-corrected chi connectivity index (χ1v) is 8.26. The molecule has 1 aliphatic carbocycles. The molecule has 0 amide bonds. The monoisotopic (exact) mass is 352 g/mol. The number of benzene rings is 1. The highest BCUT2D eigenvalue weighted by atomic mass is 79.9. The molecule has 7 heteroatoms. The van der Waals surface area contributed by atoms with Gasteiger partial charge in [-0.25, -0.2) is 13.1 Å². The molecule has 2 rings (SSSR count). The van der Waals surface area contributed by atoms with E-state index in [9.17, 15) is 8.42 Å². The van der Waals surface area contributed by atoms with Gasteiger partial charge in [0.25, 0.3) is 0 Å². The van der Waals surface area contributed by atoms with Crippen molar-refractivity contribution in [3.8, 4) is 0 Å². The van der Waals surface area contributed by atoms with Crippen LogP contribution in [0.2, 0.25) is 5.02 Å². The average Bonchev–Trinajstić information content (AvgIpc) is 3.09. The van der Waals surface area contributed by atoms with Gasteiger partial charge in [-0.2, -0.15) is 0 Å². The molecule has 0 bridgehead atoms. The molecule has 100 valence electrons. The molecular weight excluding hydrogens is 340 g/mol. The van der Waals surface area contributed by atoms with Crippen molar-refractivity contribution in [3.05, 3.63) is 27.7 Å². The molecule has 0 aromatic heterocycles. The van der Waals surface area contributed by atoms with E-state index in [0.717, 1.165) is 12.8 Å². The first-order chi connectivity index (χ1) is 8.42. The topological polar surface area (TPSA) is 72.2 Å². The highest BCUT2D eigenvalue weighted by Gasteiger charge is 2.30. The van der Waals surface area contributed by atoms with E-state index in [1.807, 2.05) is 0 Å². The third-order valence-corrected chi connectivity index (χ3v) is 5.80. The van der Waals surface area contributed by atoms with Crippen LogP contribution < -0.4 is 10.5 Å². The minimum absolute atomic E-state index is 0.0645. The molecule has 4 nitrogen and oxygen atoms in total. The molecule has 0 saturated heterocycles. The number of hydrogen-bond acceptors (Lipinski definition) is 3. The number of hydrogen-bond donors (Lipinski definition) is 2. The third kappa shape index (κ3) is 3.24. The highest BCUT2D eigenvalue weighted by Crippen LogP contribution is 2.32. The van der Waals surface area contributed by atoms with E-state index in [-0.39, 0.29) is 22.5 Å². The smallest absolute Gasteiger partial charge is 0.243 e. The van der Waals surface area contributed by atoms with Crippen LogP contribution in [0.1, 0.15) is 12.8 Å². The van der Waals surface area contributed by atoms with Gasteiger partial charge in [-0.1, -0.05) is 17.7 Å². The van der Waals surface area contributed by atoms with Gasteiger partial charge in [0.1, 0.15) is 4.90 Å². The van der Waals surface area contributed by atoms with Crippen molar-refractivity contribution < 1.29 is 8.42 Å². The van der Waals surface area contributed by atoms with Gasteiger partial charge < -0.3 is 5.73 Å². The molecule has 0 spiro atoms.